The average molecular weight is 368 g/mol. The van der Waals surface area contributed by atoms with Gasteiger partial charge in [-0.05, 0) is 58.3 Å². The first-order valence-electron chi connectivity index (χ1n) is 8.91. The normalized spacial score (nSPS) is 12.5. The monoisotopic (exact) mass is 368 g/mol. The number of fused-ring (bicyclic) bond motifs is 1. The molecule has 0 saturated heterocycles. The first-order valence-corrected chi connectivity index (χ1v) is 8.91. The quantitative estimate of drug-likeness (QED) is 0.722. The zero-order chi connectivity index (χ0) is 19.6. The number of nitrogens with one attached hydrogen (secondary N) is 1. The topological polar surface area (TPSA) is 80.4 Å². The molecule has 2 heterocycles. The number of benzene rings is 1. The number of carbonyl (C=O) groups excluding carboxylic acids is 1. The molecule has 0 spiro atoms. The van der Waals surface area contributed by atoms with E-state index in [4.69, 9.17) is 4.42 Å². The number of aromatic nitrogens is 2. The Balaban J connectivity index is 1.83. The van der Waals surface area contributed by atoms with E-state index in [1.807, 2.05) is 38.1 Å². The van der Waals surface area contributed by atoms with E-state index in [1.54, 1.807) is 36.0 Å². The van der Waals surface area contributed by atoms with Crippen molar-refractivity contribution in [3.63, 3.8) is 0 Å². The van der Waals surface area contributed by atoms with Crippen molar-refractivity contribution in [3.05, 3.63) is 64.0 Å². The maximum absolute atomic E-state index is 12.6. The Bertz CT molecular complexity index is 1010. The van der Waals surface area contributed by atoms with Gasteiger partial charge in [0.1, 0.15) is 11.5 Å². The zero-order valence-electron chi connectivity index (χ0n) is 16.0. The molecule has 1 atom stereocenters. The van der Waals surface area contributed by atoms with Crippen LogP contribution in [0.4, 0.5) is 0 Å². The van der Waals surface area contributed by atoms with Crippen LogP contribution in [0.2, 0.25) is 0 Å². The molecule has 142 valence electrons. The highest BCUT2D eigenvalue weighted by Gasteiger charge is 2.18. The van der Waals surface area contributed by atoms with Crippen LogP contribution in [0, 0.1) is 6.92 Å². The Hall–Kier alpha value is -2.93. The molecular weight excluding hydrogens is 344 g/mol. The molecule has 0 aliphatic heterocycles. The van der Waals surface area contributed by atoms with Gasteiger partial charge in [-0.25, -0.2) is 4.98 Å². The summed E-state index contributed by atoms with van der Waals surface area (Å²) in [5.41, 5.74) is 2.19. The molecule has 1 N–H and O–H groups in total. The van der Waals surface area contributed by atoms with Crippen molar-refractivity contribution in [2.24, 2.45) is 0 Å². The summed E-state index contributed by atoms with van der Waals surface area (Å²) in [4.78, 5) is 31.2. The minimum Gasteiger partial charge on any atom is -0.468 e. The van der Waals surface area contributed by atoms with Crippen LogP contribution >= 0.6 is 0 Å². The summed E-state index contributed by atoms with van der Waals surface area (Å²) in [7, 11) is 3.87. The van der Waals surface area contributed by atoms with Gasteiger partial charge in [-0.3, -0.25) is 14.5 Å². The van der Waals surface area contributed by atoms with Crippen molar-refractivity contribution in [2.45, 2.75) is 26.4 Å². The van der Waals surface area contributed by atoms with Gasteiger partial charge in [0, 0.05) is 18.7 Å². The molecule has 7 nitrogen and oxygen atoms in total. The first kappa shape index (κ1) is 18.8. The van der Waals surface area contributed by atoms with Crippen LogP contribution in [0.15, 0.2) is 45.8 Å². The fourth-order valence-electron chi connectivity index (χ4n) is 3.14. The first-order chi connectivity index (χ1) is 12.9. The molecule has 7 heteroatoms. The maximum Gasteiger partial charge on any atom is 0.272 e. The lowest BCUT2D eigenvalue weighted by Gasteiger charge is -2.22. The van der Waals surface area contributed by atoms with Crippen LogP contribution in [0.25, 0.3) is 11.0 Å². The Morgan fingerprint density at radius 3 is 2.74 bits per heavy atom. The van der Waals surface area contributed by atoms with E-state index in [1.165, 1.54) is 0 Å². The summed E-state index contributed by atoms with van der Waals surface area (Å²) in [5.74, 6) is 0.604. The molecular formula is C20H24N4O3. The van der Waals surface area contributed by atoms with Crippen molar-refractivity contribution in [1.82, 2.24) is 19.8 Å². The predicted octanol–water partition coefficient (Wildman–Crippen LogP) is 2.35. The summed E-state index contributed by atoms with van der Waals surface area (Å²) in [6.07, 6.45) is 1.62. The predicted molar refractivity (Wildman–Crippen MR) is 104 cm³/mol. The number of likely N-dealkylation sites (N-methyl/N-ethyl adjacent to an activating group) is 1. The number of furan rings is 1. The number of rotatable bonds is 6. The second kappa shape index (κ2) is 7.75. The van der Waals surface area contributed by atoms with Crippen LogP contribution in [0.3, 0.4) is 0 Å². The lowest BCUT2D eigenvalue weighted by atomic mass is 10.1. The average Bonchev–Trinajstić information content (AvgIpc) is 3.16. The Labute approximate surface area is 157 Å². The molecule has 0 aliphatic rings. The molecule has 1 amide bonds. The summed E-state index contributed by atoms with van der Waals surface area (Å²) in [5, 5.41) is 2.95. The van der Waals surface area contributed by atoms with E-state index in [0.717, 1.165) is 11.3 Å². The molecule has 2 aromatic heterocycles. The van der Waals surface area contributed by atoms with E-state index in [9.17, 15) is 9.59 Å². The molecule has 1 aromatic carbocycles. The van der Waals surface area contributed by atoms with Crippen LogP contribution in [0.1, 0.15) is 34.8 Å². The van der Waals surface area contributed by atoms with E-state index in [-0.39, 0.29) is 17.5 Å². The molecule has 0 saturated carbocycles. The lowest BCUT2D eigenvalue weighted by Crippen LogP contribution is -2.34. The van der Waals surface area contributed by atoms with Gasteiger partial charge in [0.25, 0.3) is 11.5 Å². The highest BCUT2D eigenvalue weighted by atomic mass is 16.3. The summed E-state index contributed by atoms with van der Waals surface area (Å²) in [6.45, 7) is 4.57. The molecule has 3 aromatic rings. The van der Waals surface area contributed by atoms with Crippen molar-refractivity contribution < 1.29 is 9.21 Å². The number of amides is 1. The number of aryl methyl sites for hydroxylation is 2. The molecule has 27 heavy (non-hydrogen) atoms. The highest BCUT2D eigenvalue weighted by molar-refractivity contribution is 5.97. The molecule has 0 radical (unpaired) electrons. The van der Waals surface area contributed by atoms with Gasteiger partial charge in [-0.1, -0.05) is 0 Å². The molecule has 0 aliphatic carbocycles. The van der Waals surface area contributed by atoms with Crippen molar-refractivity contribution in [3.8, 4) is 0 Å². The minimum absolute atomic E-state index is 0.0601. The highest BCUT2D eigenvalue weighted by Crippen LogP contribution is 2.18. The number of hydrogen-bond acceptors (Lipinski definition) is 5. The molecule has 0 bridgehead atoms. The third kappa shape index (κ3) is 3.78. The van der Waals surface area contributed by atoms with Gasteiger partial charge in [-0.2, -0.15) is 0 Å². The van der Waals surface area contributed by atoms with Gasteiger partial charge in [0.2, 0.25) is 0 Å². The fraction of sp³-hybridized carbons (Fsp3) is 0.350. The lowest BCUT2D eigenvalue weighted by molar-refractivity contribution is 0.0939. The van der Waals surface area contributed by atoms with E-state index >= 15 is 0 Å². The summed E-state index contributed by atoms with van der Waals surface area (Å²) >= 11 is 0. The van der Waals surface area contributed by atoms with Gasteiger partial charge in [0.05, 0.1) is 23.3 Å². The second-order valence-corrected chi connectivity index (χ2v) is 6.65. The van der Waals surface area contributed by atoms with Gasteiger partial charge in [0.15, 0.2) is 0 Å². The van der Waals surface area contributed by atoms with E-state index in [2.05, 4.69) is 10.3 Å². The van der Waals surface area contributed by atoms with Gasteiger partial charge >= 0.3 is 0 Å². The number of nitrogens with zero attached hydrogens (tertiary/aromatic N) is 3. The summed E-state index contributed by atoms with van der Waals surface area (Å²) < 4.78 is 7.13. The summed E-state index contributed by atoms with van der Waals surface area (Å²) in [6, 6.07) is 8.88. The fourth-order valence-corrected chi connectivity index (χ4v) is 3.14. The van der Waals surface area contributed by atoms with Crippen molar-refractivity contribution in [2.75, 3.05) is 20.6 Å². The van der Waals surface area contributed by atoms with Crippen LogP contribution in [-0.4, -0.2) is 41.0 Å². The standard InChI is InChI=1S/C20H24N4O3/c1-5-24-16-9-8-14(11-15(16)22-13(2)20(24)26)19(25)21-12-17(23(3)4)18-7-6-10-27-18/h6-11,17H,5,12H2,1-4H3,(H,21,25)/t17-/m1/s1. The minimum atomic E-state index is -0.191. The van der Waals surface area contributed by atoms with Crippen LogP contribution < -0.4 is 10.9 Å². The molecule has 0 fully saturated rings. The zero-order valence-corrected chi connectivity index (χ0v) is 16.0. The van der Waals surface area contributed by atoms with Crippen LogP contribution in [-0.2, 0) is 6.54 Å². The van der Waals surface area contributed by atoms with E-state index < -0.39 is 0 Å². The van der Waals surface area contributed by atoms with Crippen LogP contribution in [0.5, 0.6) is 0 Å². The van der Waals surface area contributed by atoms with Crippen molar-refractivity contribution >= 4 is 16.9 Å². The molecule has 3 rings (SSSR count). The largest absolute Gasteiger partial charge is 0.468 e. The third-order valence-corrected chi connectivity index (χ3v) is 4.64. The number of hydrogen-bond donors (Lipinski definition) is 1. The Morgan fingerprint density at radius 2 is 2.11 bits per heavy atom. The van der Waals surface area contributed by atoms with Gasteiger partial charge < -0.3 is 14.3 Å². The van der Waals surface area contributed by atoms with Crippen molar-refractivity contribution in [1.29, 1.82) is 0 Å². The smallest absolute Gasteiger partial charge is 0.272 e. The van der Waals surface area contributed by atoms with Gasteiger partial charge in [-0.15, -0.1) is 0 Å². The Kier molecular flexibility index (Phi) is 5.41. The Morgan fingerprint density at radius 1 is 1.33 bits per heavy atom. The third-order valence-electron chi connectivity index (χ3n) is 4.64. The number of carbonyl (C=O) groups is 1. The molecule has 0 unspecified atom stereocenters. The maximum atomic E-state index is 12.6. The SMILES string of the molecule is CCn1c(=O)c(C)nc2cc(C(=O)NC[C@H](c3ccco3)N(C)C)ccc21. The second-order valence-electron chi connectivity index (χ2n) is 6.65. The van der Waals surface area contributed by atoms with E-state index in [0.29, 0.717) is 29.9 Å².